The minimum Gasteiger partial charge on any atom is -0.411 e. The summed E-state index contributed by atoms with van der Waals surface area (Å²) in [7, 11) is 0. The third-order valence-corrected chi connectivity index (χ3v) is 5.98. The number of hydrogen-bond donors (Lipinski definition) is 1. The second-order valence-electron chi connectivity index (χ2n) is 6.37. The van der Waals surface area contributed by atoms with Gasteiger partial charge >= 0.3 is 0 Å². The number of aromatic nitrogens is 3. The molecular formula is C19H17BrN4O3S. The van der Waals surface area contributed by atoms with Crippen LogP contribution in [0.5, 0.6) is 0 Å². The minimum atomic E-state index is -0.109. The highest BCUT2D eigenvalue weighted by atomic mass is 79.9. The first-order valence-corrected chi connectivity index (χ1v) is 10.6. The predicted molar refractivity (Wildman–Crippen MR) is 108 cm³/mol. The fraction of sp³-hybridized carbons (Fsp3) is 0.263. The van der Waals surface area contributed by atoms with E-state index in [0.717, 1.165) is 36.0 Å². The van der Waals surface area contributed by atoms with Crippen LogP contribution >= 0.6 is 27.7 Å². The normalized spacial score (nSPS) is 13.8. The van der Waals surface area contributed by atoms with Gasteiger partial charge in [-0.25, -0.2) is 0 Å². The third-order valence-electron chi connectivity index (χ3n) is 4.47. The van der Waals surface area contributed by atoms with Crippen molar-refractivity contribution in [3.63, 3.8) is 0 Å². The maximum absolute atomic E-state index is 12.4. The predicted octanol–water partition coefficient (Wildman–Crippen LogP) is 4.04. The van der Waals surface area contributed by atoms with Crippen molar-refractivity contribution < 1.29 is 14.0 Å². The number of likely N-dealkylation sites (tertiary alicyclic amines) is 1. The summed E-state index contributed by atoms with van der Waals surface area (Å²) < 4.78 is 6.49. The van der Waals surface area contributed by atoms with E-state index < -0.39 is 0 Å². The van der Waals surface area contributed by atoms with Gasteiger partial charge in [-0.2, -0.15) is 0 Å². The van der Waals surface area contributed by atoms with Crippen LogP contribution in [0.1, 0.15) is 33.7 Å². The van der Waals surface area contributed by atoms with E-state index in [1.807, 2.05) is 24.3 Å². The third kappa shape index (κ3) is 4.05. The summed E-state index contributed by atoms with van der Waals surface area (Å²) in [4.78, 5) is 29.5. The zero-order valence-electron chi connectivity index (χ0n) is 14.9. The van der Waals surface area contributed by atoms with Crippen molar-refractivity contribution in [1.29, 1.82) is 0 Å². The molecule has 7 nitrogen and oxygen atoms in total. The molecule has 1 amide bonds. The fourth-order valence-corrected chi connectivity index (χ4v) is 4.10. The van der Waals surface area contributed by atoms with Crippen LogP contribution in [0, 0.1) is 0 Å². The first kappa shape index (κ1) is 18.9. The Kier molecular flexibility index (Phi) is 5.63. The molecule has 0 bridgehead atoms. The van der Waals surface area contributed by atoms with E-state index >= 15 is 0 Å². The summed E-state index contributed by atoms with van der Waals surface area (Å²) in [6.45, 7) is 1.54. The van der Waals surface area contributed by atoms with Gasteiger partial charge in [0.05, 0.1) is 11.3 Å². The lowest BCUT2D eigenvalue weighted by atomic mass is 10.2. The molecule has 2 aromatic heterocycles. The zero-order valence-corrected chi connectivity index (χ0v) is 17.3. The molecule has 0 spiro atoms. The summed E-state index contributed by atoms with van der Waals surface area (Å²) >= 11 is 4.62. The SMILES string of the molecule is O=C(CSc1nnc(-c2ccccc2Br)o1)c1c[nH]c(C(=O)N2CCCC2)c1. The highest BCUT2D eigenvalue weighted by Crippen LogP contribution is 2.29. The summed E-state index contributed by atoms with van der Waals surface area (Å²) in [6, 6.07) is 9.16. The second-order valence-corrected chi connectivity index (χ2v) is 8.15. The molecule has 0 saturated carbocycles. The van der Waals surface area contributed by atoms with Gasteiger partial charge in [-0.3, -0.25) is 9.59 Å². The van der Waals surface area contributed by atoms with Crippen molar-refractivity contribution in [2.24, 2.45) is 0 Å². The summed E-state index contributed by atoms with van der Waals surface area (Å²) in [5.74, 6) is 0.372. The fourth-order valence-electron chi connectivity index (χ4n) is 2.99. The minimum absolute atomic E-state index is 0.0563. The van der Waals surface area contributed by atoms with Crippen LogP contribution < -0.4 is 0 Å². The van der Waals surface area contributed by atoms with Crippen molar-refractivity contribution in [2.45, 2.75) is 18.1 Å². The summed E-state index contributed by atoms with van der Waals surface area (Å²) in [5.41, 5.74) is 1.72. The molecule has 1 aliphatic heterocycles. The Labute approximate surface area is 174 Å². The number of rotatable bonds is 6. The molecule has 28 heavy (non-hydrogen) atoms. The molecule has 0 radical (unpaired) electrons. The van der Waals surface area contributed by atoms with Gasteiger partial charge < -0.3 is 14.3 Å². The van der Waals surface area contributed by atoms with E-state index in [1.165, 1.54) is 11.8 Å². The number of H-pyrrole nitrogens is 1. The number of amides is 1. The van der Waals surface area contributed by atoms with Gasteiger partial charge in [0.15, 0.2) is 5.78 Å². The van der Waals surface area contributed by atoms with E-state index in [4.69, 9.17) is 4.42 Å². The largest absolute Gasteiger partial charge is 0.411 e. The smallest absolute Gasteiger partial charge is 0.277 e. The van der Waals surface area contributed by atoms with E-state index in [0.29, 0.717) is 22.4 Å². The Bertz CT molecular complexity index is 1010. The van der Waals surface area contributed by atoms with Crippen molar-refractivity contribution in [1.82, 2.24) is 20.1 Å². The van der Waals surface area contributed by atoms with Gasteiger partial charge in [0, 0.05) is 29.3 Å². The molecule has 1 saturated heterocycles. The molecule has 3 heterocycles. The van der Waals surface area contributed by atoms with Crippen LogP contribution in [-0.4, -0.2) is 50.6 Å². The molecule has 1 N–H and O–H groups in total. The number of nitrogens with zero attached hydrogens (tertiary/aromatic N) is 3. The van der Waals surface area contributed by atoms with Gasteiger partial charge in [-0.15, -0.1) is 10.2 Å². The highest BCUT2D eigenvalue weighted by Gasteiger charge is 2.22. The number of ketones is 1. The molecule has 4 rings (SSSR count). The Morgan fingerprint density at radius 1 is 1.21 bits per heavy atom. The average Bonchev–Trinajstić information content (AvgIpc) is 3.47. The van der Waals surface area contributed by atoms with Gasteiger partial charge in [-0.05, 0) is 47.0 Å². The maximum atomic E-state index is 12.4. The Hall–Kier alpha value is -2.39. The number of aromatic amines is 1. The molecule has 1 aliphatic rings. The standard InChI is InChI=1S/C19H17BrN4O3S/c20-14-6-2-1-5-13(14)17-22-23-19(27-17)28-11-16(25)12-9-15(21-10-12)18(26)24-7-3-4-8-24/h1-2,5-6,9-10,21H,3-4,7-8,11H2. The average molecular weight is 461 g/mol. The lowest BCUT2D eigenvalue weighted by Gasteiger charge is -2.13. The first-order valence-electron chi connectivity index (χ1n) is 8.84. The van der Waals surface area contributed by atoms with Gasteiger partial charge in [-0.1, -0.05) is 23.9 Å². The first-order chi connectivity index (χ1) is 13.6. The second kappa shape index (κ2) is 8.32. The Balaban J connectivity index is 1.37. The molecule has 0 atom stereocenters. The molecule has 9 heteroatoms. The topological polar surface area (TPSA) is 92.1 Å². The van der Waals surface area contributed by atoms with E-state index in [1.54, 1.807) is 17.2 Å². The number of hydrogen-bond acceptors (Lipinski definition) is 6. The van der Waals surface area contributed by atoms with Crippen LogP contribution in [0.25, 0.3) is 11.5 Å². The van der Waals surface area contributed by atoms with E-state index in [-0.39, 0.29) is 17.4 Å². The molecule has 0 aliphatic carbocycles. The summed E-state index contributed by atoms with van der Waals surface area (Å²) in [6.07, 6.45) is 3.63. The van der Waals surface area contributed by atoms with E-state index in [2.05, 4.69) is 31.1 Å². The zero-order chi connectivity index (χ0) is 19.5. The van der Waals surface area contributed by atoms with Crippen LogP contribution in [0.2, 0.25) is 0 Å². The Morgan fingerprint density at radius 2 is 2.00 bits per heavy atom. The monoisotopic (exact) mass is 460 g/mol. The van der Waals surface area contributed by atoms with Crippen molar-refractivity contribution in [3.8, 4) is 11.5 Å². The van der Waals surface area contributed by atoms with E-state index in [9.17, 15) is 9.59 Å². The van der Waals surface area contributed by atoms with Gasteiger partial charge in [0.25, 0.3) is 11.1 Å². The van der Waals surface area contributed by atoms with Gasteiger partial charge in [0.1, 0.15) is 5.69 Å². The molecule has 1 aromatic carbocycles. The van der Waals surface area contributed by atoms with Crippen LogP contribution in [-0.2, 0) is 0 Å². The van der Waals surface area contributed by atoms with Crippen LogP contribution in [0.15, 0.2) is 50.6 Å². The lowest BCUT2D eigenvalue weighted by Crippen LogP contribution is -2.27. The number of Topliss-reactive ketones (excluding diaryl/α,β-unsaturated/α-hetero) is 1. The molecule has 1 fully saturated rings. The van der Waals surface area contributed by atoms with Crippen molar-refractivity contribution in [2.75, 3.05) is 18.8 Å². The lowest BCUT2D eigenvalue weighted by molar-refractivity contribution is 0.0787. The summed E-state index contributed by atoms with van der Waals surface area (Å²) in [5, 5.41) is 8.35. The van der Waals surface area contributed by atoms with Crippen molar-refractivity contribution >= 4 is 39.4 Å². The molecular weight excluding hydrogens is 444 g/mol. The number of benzene rings is 1. The maximum Gasteiger partial charge on any atom is 0.277 e. The number of nitrogens with one attached hydrogen (secondary N) is 1. The van der Waals surface area contributed by atoms with Crippen molar-refractivity contribution in [3.05, 3.63) is 52.3 Å². The number of carbonyl (C=O) groups excluding carboxylic acids is 2. The highest BCUT2D eigenvalue weighted by molar-refractivity contribution is 9.10. The van der Waals surface area contributed by atoms with Crippen LogP contribution in [0.3, 0.4) is 0 Å². The quantitative estimate of drug-likeness (QED) is 0.440. The Morgan fingerprint density at radius 3 is 2.79 bits per heavy atom. The number of halogens is 1. The van der Waals surface area contributed by atoms with Crippen LogP contribution in [0.4, 0.5) is 0 Å². The number of thioether (sulfide) groups is 1. The van der Waals surface area contributed by atoms with Gasteiger partial charge in [0.2, 0.25) is 5.89 Å². The number of carbonyl (C=O) groups is 2. The molecule has 0 unspecified atom stereocenters. The molecule has 3 aromatic rings. The molecule has 144 valence electrons.